The van der Waals surface area contributed by atoms with E-state index in [-0.39, 0.29) is 23.3 Å². The lowest BCUT2D eigenvalue weighted by atomic mass is 9.87. The minimum absolute atomic E-state index is 0.0649. The number of benzene rings is 2. The topological polar surface area (TPSA) is 73.9 Å². The standard InChI is InChI=1S/C22H25NO5/c1-14(28-22(25)17-11-7-13-19(26-2)20(17)27-3)21(24)23-18-12-6-9-15-8-4-5-10-16(15)18/h4-5,7-8,10-11,13-14,18H,6,9,12H2,1-3H3,(H,23,24)/t14-,18-/m1/s1. The summed E-state index contributed by atoms with van der Waals surface area (Å²) in [5.41, 5.74) is 2.60. The predicted octanol–water partition coefficient (Wildman–Crippen LogP) is 3.44. The van der Waals surface area contributed by atoms with Crippen LogP contribution in [0.15, 0.2) is 42.5 Å². The Morgan fingerprint density at radius 1 is 1.07 bits per heavy atom. The first kappa shape index (κ1) is 19.7. The number of hydrogen-bond acceptors (Lipinski definition) is 5. The Labute approximate surface area is 164 Å². The summed E-state index contributed by atoms with van der Waals surface area (Å²) in [6.07, 6.45) is 1.96. The second-order valence-electron chi connectivity index (χ2n) is 6.74. The molecule has 0 bridgehead atoms. The van der Waals surface area contributed by atoms with E-state index in [2.05, 4.69) is 11.4 Å². The van der Waals surface area contributed by atoms with Crippen molar-refractivity contribution in [3.8, 4) is 11.5 Å². The van der Waals surface area contributed by atoms with Crippen LogP contribution in [0.1, 0.15) is 47.3 Å². The van der Waals surface area contributed by atoms with Crippen molar-refractivity contribution in [1.82, 2.24) is 5.32 Å². The molecule has 1 aliphatic rings. The number of esters is 1. The van der Waals surface area contributed by atoms with E-state index in [1.54, 1.807) is 25.1 Å². The first-order valence-electron chi connectivity index (χ1n) is 9.35. The highest BCUT2D eigenvalue weighted by molar-refractivity contribution is 5.95. The summed E-state index contributed by atoms with van der Waals surface area (Å²) in [5.74, 6) is -0.254. The Kier molecular flexibility index (Phi) is 6.19. The lowest BCUT2D eigenvalue weighted by molar-refractivity contribution is -0.130. The molecule has 1 N–H and O–H groups in total. The second kappa shape index (κ2) is 8.78. The summed E-state index contributed by atoms with van der Waals surface area (Å²) in [6, 6.07) is 13.0. The van der Waals surface area contributed by atoms with Gasteiger partial charge in [-0.1, -0.05) is 30.3 Å². The molecule has 0 aromatic heterocycles. The van der Waals surface area contributed by atoms with Crippen LogP contribution >= 0.6 is 0 Å². The van der Waals surface area contributed by atoms with Gasteiger partial charge >= 0.3 is 5.97 Å². The van der Waals surface area contributed by atoms with Crippen molar-refractivity contribution >= 4 is 11.9 Å². The Balaban J connectivity index is 1.68. The molecule has 6 nitrogen and oxygen atoms in total. The number of para-hydroxylation sites is 1. The van der Waals surface area contributed by atoms with E-state index < -0.39 is 12.1 Å². The minimum Gasteiger partial charge on any atom is -0.493 e. The van der Waals surface area contributed by atoms with Crippen LogP contribution in [-0.2, 0) is 16.0 Å². The minimum atomic E-state index is -0.933. The molecule has 0 heterocycles. The molecule has 6 heteroatoms. The van der Waals surface area contributed by atoms with Gasteiger partial charge in [0.05, 0.1) is 20.3 Å². The highest BCUT2D eigenvalue weighted by Crippen LogP contribution is 2.32. The average molecular weight is 383 g/mol. The average Bonchev–Trinajstić information content (AvgIpc) is 2.73. The van der Waals surface area contributed by atoms with Gasteiger partial charge in [0.1, 0.15) is 5.56 Å². The van der Waals surface area contributed by atoms with Crippen molar-refractivity contribution in [2.24, 2.45) is 0 Å². The molecule has 0 saturated heterocycles. The number of aryl methyl sites for hydroxylation is 1. The number of ether oxygens (including phenoxy) is 3. The van der Waals surface area contributed by atoms with Crippen LogP contribution in [0.3, 0.4) is 0 Å². The van der Waals surface area contributed by atoms with Gasteiger partial charge in [0.2, 0.25) is 0 Å². The number of nitrogens with one attached hydrogen (secondary N) is 1. The van der Waals surface area contributed by atoms with E-state index in [1.807, 2.05) is 18.2 Å². The van der Waals surface area contributed by atoms with Crippen molar-refractivity contribution in [3.05, 3.63) is 59.2 Å². The Bertz CT molecular complexity index is 864. The first-order chi connectivity index (χ1) is 13.5. The van der Waals surface area contributed by atoms with E-state index in [4.69, 9.17) is 14.2 Å². The number of rotatable bonds is 6. The second-order valence-corrected chi connectivity index (χ2v) is 6.74. The van der Waals surface area contributed by atoms with Gasteiger partial charge in [0.25, 0.3) is 5.91 Å². The maximum atomic E-state index is 12.6. The maximum absolute atomic E-state index is 12.6. The van der Waals surface area contributed by atoms with Gasteiger partial charge in [-0.2, -0.15) is 0 Å². The highest BCUT2D eigenvalue weighted by atomic mass is 16.6. The van der Waals surface area contributed by atoms with Crippen molar-refractivity contribution in [3.63, 3.8) is 0 Å². The monoisotopic (exact) mass is 383 g/mol. The van der Waals surface area contributed by atoms with Crippen LogP contribution in [0.2, 0.25) is 0 Å². The molecule has 1 amide bonds. The summed E-state index contributed by atoms with van der Waals surface area (Å²) in [7, 11) is 2.94. The molecule has 0 aliphatic heterocycles. The lowest BCUT2D eigenvalue weighted by Crippen LogP contribution is -2.39. The fourth-order valence-corrected chi connectivity index (χ4v) is 3.52. The molecule has 0 spiro atoms. The smallest absolute Gasteiger partial charge is 0.342 e. The number of amides is 1. The summed E-state index contributed by atoms with van der Waals surface area (Å²) in [4.78, 5) is 25.2. The normalized spacial score (nSPS) is 16.5. The molecule has 2 atom stereocenters. The fourth-order valence-electron chi connectivity index (χ4n) is 3.52. The summed E-state index contributed by atoms with van der Waals surface area (Å²) in [5, 5.41) is 3.01. The molecule has 148 valence electrons. The summed E-state index contributed by atoms with van der Waals surface area (Å²) >= 11 is 0. The van der Waals surface area contributed by atoms with Gasteiger partial charge in [0.15, 0.2) is 17.6 Å². The summed E-state index contributed by atoms with van der Waals surface area (Å²) in [6.45, 7) is 1.56. The Morgan fingerprint density at radius 3 is 2.61 bits per heavy atom. The maximum Gasteiger partial charge on any atom is 0.342 e. The molecule has 1 aliphatic carbocycles. The number of carbonyl (C=O) groups excluding carboxylic acids is 2. The quantitative estimate of drug-likeness (QED) is 0.774. The number of hydrogen-bond donors (Lipinski definition) is 1. The largest absolute Gasteiger partial charge is 0.493 e. The molecule has 0 saturated carbocycles. The molecular formula is C22H25NO5. The molecule has 28 heavy (non-hydrogen) atoms. The number of carbonyl (C=O) groups is 2. The molecule has 2 aromatic carbocycles. The van der Waals surface area contributed by atoms with Gasteiger partial charge in [-0.05, 0) is 49.4 Å². The third-order valence-electron chi connectivity index (χ3n) is 4.96. The van der Waals surface area contributed by atoms with E-state index in [0.717, 1.165) is 24.8 Å². The van der Waals surface area contributed by atoms with E-state index in [9.17, 15) is 9.59 Å². The third-order valence-corrected chi connectivity index (χ3v) is 4.96. The zero-order chi connectivity index (χ0) is 20.1. The van der Waals surface area contributed by atoms with Gasteiger partial charge in [0, 0.05) is 0 Å². The van der Waals surface area contributed by atoms with Crippen molar-refractivity contribution in [2.75, 3.05) is 14.2 Å². The number of fused-ring (bicyclic) bond motifs is 1. The number of methoxy groups -OCH3 is 2. The van der Waals surface area contributed by atoms with Gasteiger partial charge in [-0.15, -0.1) is 0 Å². The van der Waals surface area contributed by atoms with Crippen LogP contribution in [0.25, 0.3) is 0 Å². The summed E-state index contributed by atoms with van der Waals surface area (Å²) < 4.78 is 15.8. The van der Waals surface area contributed by atoms with E-state index in [1.165, 1.54) is 19.8 Å². The molecular weight excluding hydrogens is 358 g/mol. The zero-order valence-electron chi connectivity index (χ0n) is 16.4. The van der Waals surface area contributed by atoms with Gasteiger partial charge in [-0.3, -0.25) is 4.79 Å². The molecule has 2 aromatic rings. The molecule has 3 rings (SSSR count). The fraction of sp³-hybridized carbons (Fsp3) is 0.364. The van der Waals surface area contributed by atoms with Crippen LogP contribution < -0.4 is 14.8 Å². The third kappa shape index (κ3) is 4.11. The van der Waals surface area contributed by atoms with Crippen LogP contribution in [0, 0.1) is 0 Å². The Hall–Kier alpha value is -3.02. The lowest BCUT2D eigenvalue weighted by Gasteiger charge is -2.27. The molecule has 0 unspecified atom stereocenters. The van der Waals surface area contributed by atoms with Crippen LogP contribution in [0.5, 0.6) is 11.5 Å². The predicted molar refractivity (Wildman–Crippen MR) is 105 cm³/mol. The van der Waals surface area contributed by atoms with Crippen LogP contribution in [0.4, 0.5) is 0 Å². The first-order valence-corrected chi connectivity index (χ1v) is 9.35. The molecule has 0 radical (unpaired) electrons. The van der Waals surface area contributed by atoms with Gasteiger partial charge in [-0.25, -0.2) is 4.79 Å². The van der Waals surface area contributed by atoms with Gasteiger partial charge < -0.3 is 19.5 Å². The van der Waals surface area contributed by atoms with Crippen molar-refractivity contribution in [2.45, 2.75) is 38.3 Å². The molecule has 0 fully saturated rings. The van der Waals surface area contributed by atoms with Crippen molar-refractivity contribution < 1.29 is 23.8 Å². The SMILES string of the molecule is COc1cccc(C(=O)O[C@H](C)C(=O)N[C@@H]2CCCc3ccccc32)c1OC. The van der Waals surface area contributed by atoms with Crippen molar-refractivity contribution in [1.29, 1.82) is 0 Å². The van der Waals surface area contributed by atoms with E-state index in [0.29, 0.717) is 5.75 Å². The highest BCUT2D eigenvalue weighted by Gasteiger charge is 2.27. The zero-order valence-corrected chi connectivity index (χ0v) is 16.4. The van der Waals surface area contributed by atoms with Crippen LogP contribution in [-0.4, -0.2) is 32.2 Å². The Morgan fingerprint density at radius 2 is 1.86 bits per heavy atom. The van der Waals surface area contributed by atoms with E-state index >= 15 is 0 Å².